The molecule has 0 aromatic heterocycles. The van der Waals surface area contributed by atoms with Crippen LogP contribution >= 0.6 is 15.9 Å². The number of morpholine rings is 1. The fourth-order valence-electron chi connectivity index (χ4n) is 2.29. The molecule has 19 heavy (non-hydrogen) atoms. The van der Waals surface area contributed by atoms with Gasteiger partial charge in [-0.3, -0.25) is 11.3 Å². The van der Waals surface area contributed by atoms with Crippen LogP contribution in [-0.2, 0) is 11.2 Å². The summed E-state index contributed by atoms with van der Waals surface area (Å²) in [6.45, 7) is 2.45. The van der Waals surface area contributed by atoms with Gasteiger partial charge in [0, 0.05) is 17.6 Å². The summed E-state index contributed by atoms with van der Waals surface area (Å²) in [6.07, 6.45) is 0.631. The van der Waals surface area contributed by atoms with Crippen LogP contribution in [0.4, 0.5) is 4.39 Å². The molecule has 0 saturated carbocycles. The Labute approximate surface area is 121 Å². The van der Waals surface area contributed by atoms with E-state index in [9.17, 15) is 4.39 Å². The minimum atomic E-state index is -0.240. The molecule has 0 bridgehead atoms. The Morgan fingerprint density at radius 3 is 3.11 bits per heavy atom. The number of hydrogen-bond acceptors (Lipinski definition) is 4. The largest absolute Gasteiger partial charge is 0.374 e. The highest BCUT2D eigenvalue weighted by Crippen LogP contribution is 2.21. The van der Waals surface area contributed by atoms with Gasteiger partial charge in [-0.2, -0.15) is 0 Å². The van der Waals surface area contributed by atoms with Crippen LogP contribution in [0.15, 0.2) is 22.7 Å². The quantitative estimate of drug-likeness (QED) is 0.645. The second-order valence-corrected chi connectivity index (χ2v) is 5.74. The molecular formula is C13H19BrFN3O. The second-order valence-electron chi connectivity index (χ2n) is 4.88. The van der Waals surface area contributed by atoms with Crippen molar-refractivity contribution in [3.05, 3.63) is 34.1 Å². The fraction of sp³-hybridized carbons (Fsp3) is 0.538. The van der Waals surface area contributed by atoms with Crippen molar-refractivity contribution < 1.29 is 9.13 Å². The predicted molar refractivity (Wildman–Crippen MR) is 76.2 cm³/mol. The summed E-state index contributed by atoms with van der Waals surface area (Å²) in [5.41, 5.74) is 3.68. The highest BCUT2D eigenvalue weighted by atomic mass is 79.9. The summed E-state index contributed by atoms with van der Waals surface area (Å²) in [4.78, 5) is 2.21. The van der Waals surface area contributed by atoms with Crippen molar-refractivity contribution in [2.24, 2.45) is 5.84 Å². The normalized spacial score (nSPS) is 22.4. The number of hydrogen-bond donors (Lipinski definition) is 2. The van der Waals surface area contributed by atoms with Crippen molar-refractivity contribution in [2.75, 3.05) is 26.7 Å². The fourth-order valence-corrected chi connectivity index (χ4v) is 2.70. The standard InChI is InChI=1S/C13H19BrFN3O/c1-18-4-5-19-13(8-18)12(17-16)7-9-6-10(15)2-3-11(9)14/h2-3,6,12-13,17H,4-5,7-8,16H2,1H3. The van der Waals surface area contributed by atoms with Crippen LogP contribution in [-0.4, -0.2) is 43.8 Å². The van der Waals surface area contributed by atoms with Gasteiger partial charge in [0.25, 0.3) is 0 Å². The maximum atomic E-state index is 13.3. The predicted octanol–water partition coefficient (Wildman–Crippen LogP) is 1.29. The zero-order valence-electron chi connectivity index (χ0n) is 10.9. The first-order valence-corrected chi connectivity index (χ1v) is 7.09. The molecule has 1 aromatic carbocycles. The molecule has 4 nitrogen and oxygen atoms in total. The summed E-state index contributed by atoms with van der Waals surface area (Å²) < 4.78 is 19.9. The van der Waals surface area contributed by atoms with E-state index in [1.807, 2.05) is 0 Å². The van der Waals surface area contributed by atoms with Gasteiger partial charge in [-0.05, 0) is 37.2 Å². The molecule has 1 aliphatic rings. The maximum Gasteiger partial charge on any atom is 0.123 e. The molecule has 6 heteroatoms. The number of likely N-dealkylation sites (N-methyl/N-ethyl adjacent to an activating group) is 1. The van der Waals surface area contributed by atoms with Crippen molar-refractivity contribution >= 4 is 15.9 Å². The minimum absolute atomic E-state index is 0.0129. The Morgan fingerprint density at radius 1 is 1.63 bits per heavy atom. The zero-order chi connectivity index (χ0) is 13.8. The Balaban J connectivity index is 2.07. The molecule has 0 amide bonds. The van der Waals surface area contributed by atoms with Crippen molar-refractivity contribution in [2.45, 2.75) is 18.6 Å². The Morgan fingerprint density at radius 2 is 2.42 bits per heavy atom. The minimum Gasteiger partial charge on any atom is -0.374 e. The molecule has 2 atom stereocenters. The van der Waals surface area contributed by atoms with E-state index in [0.717, 1.165) is 23.1 Å². The van der Waals surface area contributed by atoms with Gasteiger partial charge in [0.1, 0.15) is 5.82 Å². The van der Waals surface area contributed by atoms with Gasteiger partial charge in [0.2, 0.25) is 0 Å². The molecule has 0 aliphatic carbocycles. The lowest BCUT2D eigenvalue weighted by Crippen LogP contribution is -2.54. The molecular weight excluding hydrogens is 313 g/mol. The van der Waals surface area contributed by atoms with E-state index in [-0.39, 0.29) is 18.0 Å². The second kappa shape index (κ2) is 6.76. The summed E-state index contributed by atoms with van der Waals surface area (Å²) in [5.74, 6) is 5.39. The third-order valence-corrected chi connectivity index (χ3v) is 4.18. The van der Waals surface area contributed by atoms with E-state index in [1.165, 1.54) is 12.1 Å². The van der Waals surface area contributed by atoms with Gasteiger partial charge in [0.05, 0.1) is 18.8 Å². The van der Waals surface area contributed by atoms with Crippen LogP contribution in [0, 0.1) is 5.82 Å². The van der Waals surface area contributed by atoms with Crippen LogP contribution in [0.1, 0.15) is 5.56 Å². The average molecular weight is 332 g/mol. The van der Waals surface area contributed by atoms with Gasteiger partial charge >= 0.3 is 0 Å². The molecule has 106 valence electrons. The van der Waals surface area contributed by atoms with E-state index in [2.05, 4.69) is 33.3 Å². The van der Waals surface area contributed by atoms with E-state index in [1.54, 1.807) is 6.07 Å². The van der Waals surface area contributed by atoms with Crippen LogP contribution in [0.3, 0.4) is 0 Å². The highest BCUT2D eigenvalue weighted by molar-refractivity contribution is 9.10. The molecule has 1 aromatic rings. The SMILES string of the molecule is CN1CCOC(C(Cc2cc(F)ccc2Br)NN)C1. The lowest BCUT2D eigenvalue weighted by Gasteiger charge is -2.35. The third-order valence-electron chi connectivity index (χ3n) is 3.41. The first kappa shape index (κ1) is 14.9. The molecule has 0 radical (unpaired) electrons. The Bertz CT molecular complexity index is 432. The lowest BCUT2D eigenvalue weighted by atomic mass is 10.0. The number of hydrazine groups is 1. The highest BCUT2D eigenvalue weighted by Gasteiger charge is 2.26. The molecule has 2 rings (SSSR count). The first-order valence-electron chi connectivity index (χ1n) is 6.30. The van der Waals surface area contributed by atoms with Crippen LogP contribution < -0.4 is 11.3 Å². The van der Waals surface area contributed by atoms with E-state index in [4.69, 9.17) is 10.6 Å². The van der Waals surface area contributed by atoms with Gasteiger partial charge in [0.15, 0.2) is 0 Å². The number of nitrogens with two attached hydrogens (primary N) is 1. The zero-order valence-corrected chi connectivity index (χ0v) is 12.5. The molecule has 1 fully saturated rings. The number of ether oxygens (including phenoxy) is 1. The van der Waals surface area contributed by atoms with Crippen molar-refractivity contribution in [3.8, 4) is 0 Å². The summed E-state index contributed by atoms with van der Waals surface area (Å²) in [7, 11) is 2.06. The summed E-state index contributed by atoms with van der Waals surface area (Å²) >= 11 is 3.44. The lowest BCUT2D eigenvalue weighted by molar-refractivity contribution is -0.0384. The van der Waals surface area contributed by atoms with E-state index < -0.39 is 0 Å². The number of halogens is 2. The maximum absolute atomic E-state index is 13.3. The van der Waals surface area contributed by atoms with Crippen LogP contribution in [0.2, 0.25) is 0 Å². The number of nitrogens with one attached hydrogen (secondary N) is 1. The van der Waals surface area contributed by atoms with Gasteiger partial charge < -0.3 is 9.64 Å². The van der Waals surface area contributed by atoms with Gasteiger partial charge in [-0.15, -0.1) is 0 Å². The Kier molecular flexibility index (Phi) is 5.29. The average Bonchev–Trinajstić information content (AvgIpc) is 2.39. The van der Waals surface area contributed by atoms with Crippen molar-refractivity contribution in [1.29, 1.82) is 0 Å². The molecule has 1 aliphatic heterocycles. The summed E-state index contributed by atoms with van der Waals surface area (Å²) in [5, 5.41) is 0. The molecule has 3 N–H and O–H groups in total. The number of benzene rings is 1. The van der Waals surface area contributed by atoms with E-state index >= 15 is 0 Å². The first-order chi connectivity index (χ1) is 9.10. The smallest absolute Gasteiger partial charge is 0.123 e. The van der Waals surface area contributed by atoms with Crippen molar-refractivity contribution in [3.63, 3.8) is 0 Å². The molecule has 1 heterocycles. The summed E-state index contributed by atoms with van der Waals surface area (Å²) in [6, 6.07) is 4.64. The number of rotatable bonds is 4. The molecule has 0 spiro atoms. The van der Waals surface area contributed by atoms with Gasteiger partial charge in [-0.1, -0.05) is 15.9 Å². The van der Waals surface area contributed by atoms with Crippen molar-refractivity contribution in [1.82, 2.24) is 10.3 Å². The third kappa shape index (κ3) is 3.97. The number of nitrogens with zero attached hydrogens (tertiary/aromatic N) is 1. The topological polar surface area (TPSA) is 50.5 Å². The van der Waals surface area contributed by atoms with Crippen LogP contribution in [0.25, 0.3) is 0 Å². The van der Waals surface area contributed by atoms with Gasteiger partial charge in [-0.25, -0.2) is 4.39 Å². The Hall–Kier alpha value is -0.530. The monoisotopic (exact) mass is 331 g/mol. The molecule has 1 saturated heterocycles. The van der Waals surface area contributed by atoms with E-state index in [0.29, 0.717) is 13.0 Å². The molecule has 2 unspecified atom stereocenters. The van der Waals surface area contributed by atoms with Crippen LogP contribution in [0.5, 0.6) is 0 Å².